The molecule has 2 aromatic carbocycles. The van der Waals surface area contributed by atoms with E-state index in [1.54, 1.807) is 0 Å². The SMILES string of the molecule is CC(=O)Cl.O=C(O)C(Cc1ccccc1)NCc1ccccc1. The number of nitrogens with one attached hydrogen (secondary N) is 1. The van der Waals surface area contributed by atoms with E-state index >= 15 is 0 Å². The zero-order chi connectivity index (χ0) is 17.1. The van der Waals surface area contributed by atoms with Crippen molar-refractivity contribution in [3.05, 3.63) is 71.8 Å². The molecule has 0 aliphatic heterocycles. The molecule has 23 heavy (non-hydrogen) atoms. The van der Waals surface area contributed by atoms with Gasteiger partial charge in [-0.3, -0.25) is 9.59 Å². The van der Waals surface area contributed by atoms with Crippen LogP contribution in [0.5, 0.6) is 0 Å². The lowest BCUT2D eigenvalue weighted by molar-refractivity contribution is -0.139. The molecule has 2 N–H and O–H groups in total. The highest BCUT2D eigenvalue weighted by Crippen LogP contribution is 2.05. The number of carboxylic acids is 1. The number of benzene rings is 2. The number of carboxylic acid groups (broad SMARTS) is 1. The third-order valence-corrected chi connectivity index (χ3v) is 2.98. The maximum atomic E-state index is 11.3. The highest BCUT2D eigenvalue weighted by atomic mass is 35.5. The molecule has 0 heterocycles. The van der Waals surface area contributed by atoms with Crippen LogP contribution in [-0.4, -0.2) is 22.4 Å². The Balaban J connectivity index is 0.000000593. The van der Waals surface area contributed by atoms with E-state index in [2.05, 4.69) is 16.9 Å². The van der Waals surface area contributed by atoms with Crippen molar-refractivity contribution in [3.8, 4) is 0 Å². The van der Waals surface area contributed by atoms with Gasteiger partial charge >= 0.3 is 5.97 Å². The molecule has 0 amide bonds. The number of halogens is 1. The van der Waals surface area contributed by atoms with Crippen molar-refractivity contribution in [2.45, 2.75) is 25.9 Å². The third-order valence-electron chi connectivity index (χ3n) is 2.98. The summed E-state index contributed by atoms with van der Waals surface area (Å²) >= 11 is 4.64. The predicted molar refractivity (Wildman–Crippen MR) is 91.4 cm³/mol. The van der Waals surface area contributed by atoms with E-state index < -0.39 is 12.0 Å². The average Bonchev–Trinajstić information content (AvgIpc) is 2.52. The van der Waals surface area contributed by atoms with Crippen molar-refractivity contribution in [3.63, 3.8) is 0 Å². The van der Waals surface area contributed by atoms with E-state index in [4.69, 9.17) is 0 Å². The van der Waals surface area contributed by atoms with Gasteiger partial charge < -0.3 is 10.4 Å². The highest BCUT2D eigenvalue weighted by Gasteiger charge is 2.16. The van der Waals surface area contributed by atoms with Gasteiger partial charge in [0.25, 0.3) is 0 Å². The largest absolute Gasteiger partial charge is 0.480 e. The Hall–Kier alpha value is -2.17. The topological polar surface area (TPSA) is 66.4 Å². The van der Waals surface area contributed by atoms with E-state index in [0.29, 0.717) is 13.0 Å². The van der Waals surface area contributed by atoms with Crippen LogP contribution in [0.2, 0.25) is 0 Å². The number of carbonyl (C=O) groups is 2. The van der Waals surface area contributed by atoms with Gasteiger partial charge in [0, 0.05) is 13.5 Å². The summed E-state index contributed by atoms with van der Waals surface area (Å²) in [5, 5.41) is 12.0. The van der Waals surface area contributed by atoms with Crippen LogP contribution in [0.25, 0.3) is 0 Å². The number of rotatable bonds is 6. The third kappa shape index (κ3) is 8.76. The van der Waals surface area contributed by atoms with Crippen LogP contribution in [0.1, 0.15) is 18.1 Å². The molecule has 1 unspecified atom stereocenters. The standard InChI is InChI=1S/C16H17NO2.C2H3ClO/c18-16(19)15(11-13-7-3-1-4-8-13)17-12-14-9-5-2-6-10-14;1-2(3)4/h1-10,15,17H,11-12H2,(H,18,19);1H3. The Kier molecular flexibility index (Phi) is 8.65. The smallest absolute Gasteiger partial charge is 0.321 e. The van der Waals surface area contributed by atoms with Crippen LogP contribution in [0.4, 0.5) is 0 Å². The zero-order valence-electron chi connectivity index (χ0n) is 12.9. The van der Waals surface area contributed by atoms with E-state index in [1.165, 1.54) is 6.92 Å². The lowest BCUT2D eigenvalue weighted by Crippen LogP contribution is -2.38. The molecule has 4 nitrogen and oxygen atoms in total. The molecule has 2 aromatic rings. The first-order chi connectivity index (χ1) is 11.0. The fraction of sp³-hybridized carbons (Fsp3) is 0.222. The molecule has 0 aliphatic carbocycles. The fourth-order valence-corrected chi connectivity index (χ4v) is 1.93. The molecule has 1 atom stereocenters. The van der Waals surface area contributed by atoms with E-state index in [9.17, 15) is 14.7 Å². The van der Waals surface area contributed by atoms with Gasteiger partial charge in [-0.2, -0.15) is 0 Å². The number of carbonyl (C=O) groups excluding carboxylic acids is 1. The monoisotopic (exact) mass is 333 g/mol. The van der Waals surface area contributed by atoms with Gasteiger partial charge in [0.05, 0.1) is 0 Å². The number of aliphatic carboxylic acids is 1. The summed E-state index contributed by atoms with van der Waals surface area (Å²) in [6, 6.07) is 18.9. The van der Waals surface area contributed by atoms with Crippen molar-refractivity contribution in [1.82, 2.24) is 5.32 Å². The van der Waals surface area contributed by atoms with Gasteiger partial charge in [-0.05, 0) is 29.1 Å². The summed E-state index contributed by atoms with van der Waals surface area (Å²) in [5.74, 6) is -0.820. The Bertz CT molecular complexity index is 598. The van der Waals surface area contributed by atoms with Gasteiger partial charge in [-0.25, -0.2) is 0 Å². The molecule has 0 saturated carbocycles. The molecular weight excluding hydrogens is 314 g/mol. The summed E-state index contributed by atoms with van der Waals surface area (Å²) in [6.45, 7) is 1.85. The molecule has 122 valence electrons. The summed E-state index contributed by atoms with van der Waals surface area (Å²) in [7, 11) is 0. The second-order valence-corrected chi connectivity index (χ2v) is 5.45. The molecule has 0 bridgehead atoms. The van der Waals surface area contributed by atoms with Gasteiger partial charge in [0.1, 0.15) is 6.04 Å². The number of hydrogen-bond acceptors (Lipinski definition) is 3. The fourth-order valence-electron chi connectivity index (χ4n) is 1.93. The maximum absolute atomic E-state index is 11.3. The van der Waals surface area contributed by atoms with Gasteiger partial charge in [0.15, 0.2) is 0 Å². The first kappa shape index (κ1) is 18.9. The van der Waals surface area contributed by atoms with Crippen molar-refractivity contribution >= 4 is 22.8 Å². The van der Waals surface area contributed by atoms with Crippen LogP contribution in [0.15, 0.2) is 60.7 Å². The van der Waals surface area contributed by atoms with Crippen LogP contribution < -0.4 is 5.32 Å². The van der Waals surface area contributed by atoms with E-state index in [0.717, 1.165) is 11.1 Å². The molecule has 0 fully saturated rings. The van der Waals surface area contributed by atoms with Crippen LogP contribution in [-0.2, 0) is 22.6 Å². The minimum atomic E-state index is -0.820. The van der Waals surface area contributed by atoms with Crippen molar-refractivity contribution in [1.29, 1.82) is 0 Å². The minimum Gasteiger partial charge on any atom is -0.480 e. The molecule has 0 radical (unpaired) electrons. The van der Waals surface area contributed by atoms with Crippen LogP contribution in [0, 0.1) is 0 Å². The lowest BCUT2D eigenvalue weighted by Gasteiger charge is -2.14. The summed E-state index contributed by atoms with van der Waals surface area (Å²) in [6.07, 6.45) is 0.489. The Morgan fingerprint density at radius 3 is 1.87 bits per heavy atom. The summed E-state index contributed by atoms with van der Waals surface area (Å²) in [5.41, 5.74) is 2.11. The molecule has 2 rings (SSSR count). The minimum absolute atomic E-state index is 0.361. The molecule has 0 aromatic heterocycles. The van der Waals surface area contributed by atoms with Crippen molar-refractivity contribution in [2.24, 2.45) is 0 Å². The van der Waals surface area contributed by atoms with Crippen molar-refractivity contribution in [2.75, 3.05) is 0 Å². The Labute approximate surface area is 141 Å². The lowest BCUT2D eigenvalue weighted by atomic mass is 10.1. The molecular formula is C18H20ClNO3. The average molecular weight is 334 g/mol. The summed E-state index contributed by atoms with van der Waals surface area (Å²) < 4.78 is 0. The molecule has 5 heteroatoms. The van der Waals surface area contributed by atoms with Crippen LogP contribution >= 0.6 is 11.6 Å². The molecule has 0 aliphatic rings. The van der Waals surface area contributed by atoms with Gasteiger partial charge in [-0.15, -0.1) is 0 Å². The normalized spacial score (nSPS) is 11.0. The quantitative estimate of drug-likeness (QED) is 0.796. The number of hydrogen-bond donors (Lipinski definition) is 2. The summed E-state index contributed by atoms with van der Waals surface area (Å²) in [4.78, 5) is 20.5. The Morgan fingerprint density at radius 1 is 1.00 bits per heavy atom. The first-order valence-corrected chi connectivity index (χ1v) is 7.57. The molecule has 0 spiro atoms. The first-order valence-electron chi connectivity index (χ1n) is 7.19. The Morgan fingerprint density at radius 2 is 1.43 bits per heavy atom. The van der Waals surface area contributed by atoms with Gasteiger partial charge in [0.2, 0.25) is 5.24 Å². The highest BCUT2D eigenvalue weighted by molar-refractivity contribution is 6.62. The van der Waals surface area contributed by atoms with Crippen LogP contribution in [0.3, 0.4) is 0 Å². The maximum Gasteiger partial charge on any atom is 0.321 e. The zero-order valence-corrected chi connectivity index (χ0v) is 13.7. The second-order valence-electron chi connectivity index (χ2n) is 4.92. The second kappa shape index (κ2) is 10.5. The van der Waals surface area contributed by atoms with Gasteiger partial charge in [-0.1, -0.05) is 60.7 Å². The van der Waals surface area contributed by atoms with Crippen molar-refractivity contribution < 1.29 is 14.7 Å². The van der Waals surface area contributed by atoms with E-state index in [1.807, 2.05) is 60.7 Å². The molecule has 0 saturated heterocycles. The predicted octanol–water partition coefficient (Wildman–Crippen LogP) is 3.24. The van der Waals surface area contributed by atoms with E-state index in [-0.39, 0.29) is 5.24 Å².